The van der Waals surface area contributed by atoms with Crippen LogP contribution in [0.3, 0.4) is 0 Å². The number of aromatic nitrogens is 2. The number of nitrogens with one attached hydrogen (secondary N) is 1. The van der Waals surface area contributed by atoms with Crippen LogP contribution in [0.5, 0.6) is 0 Å². The number of amides is 1. The molecule has 0 aliphatic carbocycles. The van der Waals surface area contributed by atoms with Crippen molar-refractivity contribution in [2.45, 2.75) is 19.6 Å². The van der Waals surface area contributed by atoms with Crippen LogP contribution in [-0.2, 0) is 11.3 Å². The molecule has 1 heterocycles. The number of rotatable bonds is 6. The van der Waals surface area contributed by atoms with Crippen LogP contribution in [0.2, 0.25) is 0 Å². The maximum Gasteiger partial charge on any atom is 0.356 e. The van der Waals surface area contributed by atoms with Gasteiger partial charge in [-0.3, -0.25) is 9.48 Å². The number of carbonyl (C=O) groups is 2. The Morgan fingerprint density at radius 2 is 2.13 bits per heavy atom. The molecule has 7 nitrogen and oxygen atoms in total. The fraction of sp³-hybridized carbons (Fsp3) is 0.267. The Kier molecular flexibility index (Phi) is 5.07. The van der Waals surface area contributed by atoms with Crippen molar-refractivity contribution in [3.8, 4) is 0 Å². The lowest BCUT2D eigenvalue weighted by atomic mass is 10.1. The zero-order valence-corrected chi connectivity index (χ0v) is 12.4. The largest absolute Gasteiger partial charge is 0.476 e. The number of aliphatic hydroxyl groups excluding tert-OH is 1. The number of aliphatic hydroxyl groups is 1. The molecule has 1 amide bonds. The Bertz CT molecular complexity index is 729. The van der Waals surface area contributed by atoms with E-state index in [1.807, 2.05) is 0 Å². The van der Waals surface area contributed by atoms with Crippen LogP contribution in [0.25, 0.3) is 0 Å². The minimum atomic E-state index is -1.61. The Morgan fingerprint density at radius 3 is 2.78 bits per heavy atom. The van der Waals surface area contributed by atoms with E-state index in [9.17, 15) is 19.1 Å². The highest BCUT2D eigenvalue weighted by Gasteiger charge is 2.21. The van der Waals surface area contributed by atoms with Gasteiger partial charge in [-0.1, -0.05) is 18.2 Å². The van der Waals surface area contributed by atoms with E-state index in [1.54, 1.807) is 19.1 Å². The van der Waals surface area contributed by atoms with Gasteiger partial charge >= 0.3 is 5.97 Å². The third-order valence-electron chi connectivity index (χ3n) is 3.26. The van der Waals surface area contributed by atoms with Crippen molar-refractivity contribution in [3.63, 3.8) is 0 Å². The van der Waals surface area contributed by atoms with Gasteiger partial charge in [-0.25, -0.2) is 9.18 Å². The summed E-state index contributed by atoms with van der Waals surface area (Å²) in [5, 5.41) is 24.9. The molecule has 0 saturated heterocycles. The number of carboxylic acids is 1. The molecule has 1 aromatic heterocycles. The number of hydrogen-bond donors (Lipinski definition) is 3. The van der Waals surface area contributed by atoms with E-state index >= 15 is 0 Å². The number of carboxylic acid groups (broad SMARTS) is 1. The molecule has 3 N–H and O–H groups in total. The lowest BCUT2D eigenvalue weighted by Crippen LogP contribution is -2.32. The monoisotopic (exact) mass is 321 g/mol. The highest BCUT2D eigenvalue weighted by molar-refractivity contribution is 5.85. The lowest BCUT2D eigenvalue weighted by molar-refractivity contribution is -0.129. The van der Waals surface area contributed by atoms with Gasteiger partial charge in [0.15, 0.2) is 11.8 Å². The fourth-order valence-electron chi connectivity index (χ4n) is 2.01. The summed E-state index contributed by atoms with van der Waals surface area (Å²) in [6.45, 7) is 1.88. The molecule has 2 rings (SSSR count). The minimum Gasteiger partial charge on any atom is -0.476 e. The van der Waals surface area contributed by atoms with E-state index in [0.29, 0.717) is 5.56 Å². The smallest absolute Gasteiger partial charge is 0.356 e. The highest BCUT2D eigenvalue weighted by atomic mass is 19.1. The van der Waals surface area contributed by atoms with E-state index in [4.69, 9.17) is 5.11 Å². The first-order valence-corrected chi connectivity index (χ1v) is 6.87. The molecular formula is C15H16FN3O4. The summed E-state index contributed by atoms with van der Waals surface area (Å²) in [6.07, 6.45) is -0.145. The molecule has 1 atom stereocenters. The quantitative estimate of drug-likeness (QED) is 0.732. The second kappa shape index (κ2) is 7.01. The number of hydrogen-bond acceptors (Lipinski definition) is 4. The van der Waals surface area contributed by atoms with E-state index in [2.05, 4.69) is 10.4 Å². The molecule has 0 radical (unpaired) electrons. The molecule has 8 heteroatoms. The topological polar surface area (TPSA) is 104 Å². The number of aryl methyl sites for hydroxylation is 1. The Morgan fingerprint density at radius 1 is 1.39 bits per heavy atom. The van der Waals surface area contributed by atoms with Gasteiger partial charge in [0.05, 0.1) is 6.54 Å². The Balaban J connectivity index is 1.91. The van der Waals surface area contributed by atoms with Crippen LogP contribution in [0.4, 0.5) is 4.39 Å². The molecule has 1 unspecified atom stereocenters. The Labute approximate surface area is 131 Å². The molecular weight excluding hydrogens is 305 g/mol. The van der Waals surface area contributed by atoms with Crippen molar-refractivity contribution in [1.82, 2.24) is 15.1 Å². The molecule has 122 valence electrons. The van der Waals surface area contributed by atoms with Gasteiger partial charge in [0.25, 0.3) is 5.91 Å². The third kappa shape index (κ3) is 3.92. The van der Waals surface area contributed by atoms with Crippen LogP contribution in [0.1, 0.15) is 27.7 Å². The van der Waals surface area contributed by atoms with E-state index < -0.39 is 23.8 Å². The second-order valence-electron chi connectivity index (χ2n) is 4.94. The second-order valence-corrected chi connectivity index (χ2v) is 4.94. The van der Waals surface area contributed by atoms with Gasteiger partial charge < -0.3 is 15.5 Å². The molecule has 23 heavy (non-hydrogen) atoms. The van der Waals surface area contributed by atoms with Gasteiger partial charge in [-0.2, -0.15) is 5.10 Å². The average molecular weight is 321 g/mol. The summed E-state index contributed by atoms with van der Waals surface area (Å²) >= 11 is 0. The van der Waals surface area contributed by atoms with Gasteiger partial charge in [0.2, 0.25) is 0 Å². The predicted molar refractivity (Wildman–Crippen MR) is 78.3 cm³/mol. The van der Waals surface area contributed by atoms with Crippen molar-refractivity contribution in [3.05, 3.63) is 53.1 Å². The van der Waals surface area contributed by atoms with Crippen LogP contribution in [-0.4, -0.2) is 38.4 Å². The summed E-state index contributed by atoms with van der Waals surface area (Å²) in [5.74, 6) is -2.49. The fourth-order valence-corrected chi connectivity index (χ4v) is 2.01. The SMILES string of the molecule is Cc1cccc(C(O)C(=O)NCCn2ccc(C(=O)O)n2)c1F. The molecule has 0 aliphatic heterocycles. The summed E-state index contributed by atoms with van der Waals surface area (Å²) in [7, 11) is 0. The number of nitrogens with zero attached hydrogens (tertiary/aromatic N) is 2. The van der Waals surface area contributed by atoms with E-state index in [0.717, 1.165) is 0 Å². The van der Waals surface area contributed by atoms with Crippen molar-refractivity contribution in [2.24, 2.45) is 0 Å². The highest BCUT2D eigenvalue weighted by Crippen LogP contribution is 2.19. The van der Waals surface area contributed by atoms with E-state index in [-0.39, 0.29) is 24.3 Å². The number of halogens is 1. The van der Waals surface area contributed by atoms with Crippen molar-refractivity contribution in [1.29, 1.82) is 0 Å². The zero-order valence-electron chi connectivity index (χ0n) is 12.4. The molecule has 2 aromatic rings. The molecule has 1 aromatic carbocycles. The Hall–Kier alpha value is -2.74. The molecule has 0 fully saturated rings. The van der Waals surface area contributed by atoms with Crippen LogP contribution in [0.15, 0.2) is 30.5 Å². The van der Waals surface area contributed by atoms with Gasteiger partial charge in [-0.05, 0) is 18.6 Å². The summed E-state index contributed by atoms with van der Waals surface area (Å²) in [6, 6.07) is 5.78. The molecule has 0 spiro atoms. The summed E-state index contributed by atoms with van der Waals surface area (Å²) in [5.41, 5.74) is 0.153. The molecule has 0 aliphatic rings. The van der Waals surface area contributed by atoms with Crippen LogP contribution in [0, 0.1) is 12.7 Å². The first-order valence-electron chi connectivity index (χ1n) is 6.87. The number of carbonyl (C=O) groups excluding carboxylic acids is 1. The third-order valence-corrected chi connectivity index (χ3v) is 3.26. The number of benzene rings is 1. The van der Waals surface area contributed by atoms with Gasteiger partial charge in [0, 0.05) is 18.3 Å². The first-order chi connectivity index (χ1) is 10.9. The minimum absolute atomic E-state index is 0.0882. The number of aromatic carboxylic acids is 1. The lowest BCUT2D eigenvalue weighted by Gasteiger charge is -2.13. The van der Waals surface area contributed by atoms with Crippen molar-refractivity contribution < 1.29 is 24.2 Å². The standard InChI is InChI=1S/C15H16FN3O4/c1-9-3-2-4-10(12(9)16)13(20)14(21)17-6-8-19-7-5-11(18-19)15(22)23/h2-5,7,13,20H,6,8H2,1H3,(H,17,21)(H,22,23). The molecule has 0 saturated carbocycles. The average Bonchev–Trinajstić information content (AvgIpc) is 2.98. The maximum absolute atomic E-state index is 13.9. The normalized spacial score (nSPS) is 12.0. The van der Waals surface area contributed by atoms with Gasteiger partial charge in [0.1, 0.15) is 5.82 Å². The van der Waals surface area contributed by atoms with Gasteiger partial charge in [-0.15, -0.1) is 0 Å². The summed E-state index contributed by atoms with van der Waals surface area (Å²) in [4.78, 5) is 22.5. The van der Waals surface area contributed by atoms with Crippen molar-refractivity contribution in [2.75, 3.05) is 6.54 Å². The van der Waals surface area contributed by atoms with Crippen molar-refractivity contribution >= 4 is 11.9 Å². The van der Waals surface area contributed by atoms with Crippen LogP contribution < -0.4 is 5.32 Å². The zero-order chi connectivity index (χ0) is 17.0. The predicted octanol–water partition coefficient (Wildman–Crippen LogP) is 0.879. The molecule has 0 bridgehead atoms. The first kappa shape index (κ1) is 16.6. The maximum atomic E-state index is 13.9. The summed E-state index contributed by atoms with van der Waals surface area (Å²) < 4.78 is 15.2. The van der Waals surface area contributed by atoms with Crippen LogP contribution >= 0.6 is 0 Å². The van der Waals surface area contributed by atoms with E-state index in [1.165, 1.54) is 23.0 Å².